The van der Waals surface area contributed by atoms with Crippen molar-refractivity contribution in [3.63, 3.8) is 0 Å². The summed E-state index contributed by atoms with van der Waals surface area (Å²) in [7, 11) is -2.99. The zero-order chi connectivity index (χ0) is 33.3. The smallest absolute Gasteiger partial charge is 0.264 e. The first-order valence-corrected chi connectivity index (χ1v) is 16.6. The molecular formula is C35H37ClFN3O5S. The van der Waals surface area contributed by atoms with Crippen molar-refractivity contribution in [2.45, 2.75) is 37.8 Å². The molecule has 242 valence electrons. The van der Waals surface area contributed by atoms with E-state index in [0.29, 0.717) is 6.54 Å². The van der Waals surface area contributed by atoms with Crippen molar-refractivity contribution in [1.29, 1.82) is 0 Å². The maximum absolute atomic E-state index is 15.1. The molecule has 2 amide bonds. The molecule has 0 fully saturated rings. The first kappa shape index (κ1) is 34.5. The van der Waals surface area contributed by atoms with Gasteiger partial charge >= 0.3 is 0 Å². The van der Waals surface area contributed by atoms with Gasteiger partial charge in [0, 0.05) is 30.1 Å². The fourth-order valence-corrected chi connectivity index (χ4v) is 6.48. The minimum Gasteiger partial charge on any atom is -0.495 e. The number of sulfonamides is 1. The highest BCUT2D eigenvalue weighted by molar-refractivity contribution is 7.92. The molecule has 0 heterocycles. The van der Waals surface area contributed by atoms with Crippen LogP contribution in [0.4, 0.5) is 10.1 Å². The predicted molar refractivity (Wildman–Crippen MR) is 178 cm³/mol. The van der Waals surface area contributed by atoms with E-state index in [1.54, 1.807) is 30.3 Å². The summed E-state index contributed by atoms with van der Waals surface area (Å²) < 4.78 is 49.8. The number of nitrogens with zero attached hydrogens (tertiary/aromatic N) is 2. The van der Waals surface area contributed by atoms with Crippen LogP contribution in [0.25, 0.3) is 0 Å². The van der Waals surface area contributed by atoms with Gasteiger partial charge in [-0.05, 0) is 47.9 Å². The Labute approximate surface area is 274 Å². The van der Waals surface area contributed by atoms with E-state index < -0.39 is 40.2 Å². The molecule has 0 saturated heterocycles. The maximum Gasteiger partial charge on any atom is 0.264 e. The van der Waals surface area contributed by atoms with Gasteiger partial charge in [0.15, 0.2) is 0 Å². The van der Waals surface area contributed by atoms with Crippen molar-refractivity contribution >= 4 is 39.1 Å². The van der Waals surface area contributed by atoms with E-state index in [1.165, 1.54) is 54.5 Å². The molecular weight excluding hydrogens is 629 g/mol. The van der Waals surface area contributed by atoms with E-state index in [2.05, 4.69) is 5.32 Å². The number of anilines is 1. The number of carbonyl (C=O) groups excluding carboxylic acids is 2. The van der Waals surface area contributed by atoms with Gasteiger partial charge in [-0.25, -0.2) is 12.8 Å². The molecule has 0 bridgehead atoms. The largest absolute Gasteiger partial charge is 0.495 e. The van der Waals surface area contributed by atoms with Crippen molar-refractivity contribution < 1.29 is 27.1 Å². The van der Waals surface area contributed by atoms with Crippen LogP contribution in [0.2, 0.25) is 5.02 Å². The minimum absolute atomic E-state index is 0.0295. The molecule has 46 heavy (non-hydrogen) atoms. The molecule has 4 aromatic carbocycles. The van der Waals surface area contributed by atoms with Crippen molar-refractivity contribution in [2.75, 3.05) is 24.5 Å². The zero-order valence-corrected chi connectivity index (χ0v) is 27.5. The lowest BCUT2D eigenvalue weighted by molar-refractivity contribution is -0.140. The van der Waals surface area contributed by atoms with Gasteiger partial charge in [0.05, 0.1) is 17.7 Å². The number of nitrogens with one attached hydrogen (secondary N) is 1. The lowest BCUT2D eigenvalue weighted by Crippen LogP contribution is -2.53. The third kappa shape index (κ3) is 8.64. The molecule has 0 saturated carbocycles. The van der Waals surface area contributed by atoms with Crippen molar-refractivity contribution in [2.24, 2.45) is 5.92 Å². The topological polar surface area (TPSA) is 96.0 Å². The summed E-state index contributed by atoms with van der Waals surface area (Å²) in [6.07, 6.45) is 0.108. The van der Waals surface area contributed by atoms with Crippen molar-refractivity contribution in [1.82, 2.24) is 10.2 Å². The highest BCUT2D eigenvalue weighted by Crippen LogP contribution is 2.35. The number of hydrogen-bond acceptors (Lipinski definition) is 5. The molecule has 0 spiro atoms. The van der Waals surface area contributed by atoms with Crippen LogP contribution in [0.3, 0.4) is 0 Å². The Hall–Kier alpha value is -4.41. The number of benzene rings is 4. The first-order valence-electron chi connectivity index (χ1n) is 14.8. The van der Waals surface area contributed by atoms with Crippen molar-refractivity contribution in [3.05, 3.63) is 125 Å². The van der Waals surface area contributed by atoms with Crippen LogP contribution in [0.5, 0.6) is 5.75 Å². The van der Waals surface area contributed by atoms with Crippen LogP contribution >= 0.6 is 11.6 Å². The molecule has 4 aromatic rings. The average molecular weight is 666 g/mol. The third-order valence-electron chi connectivity index (χ3n) is 7.27. The zero-order valence-electron chi connectivity index (χ0n) is 25.9. The fourth-order valence-electron chi connectivity index (χ4n) is 4.88. The number of carbonyl (C=O) groups is 2. The Bertz CT molecular complexity index is 1740. The lowest BCUT2D eigenvalue weighted by Gasteiger charge is -2.34. The Balaban J connectivity index is 1.85. The Kier molecular flexibility index (Phi) is 11.8. The van der Waals surface area contributed by atoms with Crippen LogP contribution in [0, 0.1) is 11.7 Å². The summed E-state index contributed by atoms with van der Waals surface area (Å²) in [5, 5.41) is 3.13. The third-order valence-corrected chi connectivity index (χ3v) is 9.28. The van der Waals surface area contributed by atoms with Gasteiger partial charge in [-0.3, -0.25) is 13.9 Å². The quantitative estimate of drug-likeness (QED) is 0.176. The molecule has 1 N–H and O–H groups in total. The van der Waals surface area contributed by atoms with Gasteiger partial charge in [-0.1, -0.05) is 92.2 Å². The van der Waals surface area contributed by atoms with Crippen LogP contribution in [-0.2, 0) is 32.6 Å². The lowest BCUT2D eigenvalue weighted by atomic mass is 10.0. The Morgan fingerprint density at radius 1 is 0.913 bits per heavy atom. The van der Waals surface area contributed by atoms with E-state index in [0.717, 1.165) is 9.87 Å². The molecule has 0 aliphatic carbocycles. The minimum atomic E-state index is -4.37. The molecule has 0 aliphatic rings. The standard InChI is InChI=1S/C35H37ClFN3O5S/c1-25(2)22-38-35(42)32(20-26-12-6-4-7-13-26)39(23-27-14-10-11-17-30(27)37)34(41)24-40(31-21-28(36)18-19-33(31)45-3)46(43,44)29-15-8-5-9-16-29/h4-19,21,25,32H,20,22-24H2,1-3H3,(H,38,42)/t32-/m1/s1. The summed E-state index contributed by atoms with van der Waals surface area (Å²) >= 11 is 6.31. The molecule has 8 nitrogen and oxygen atoms in total. The van der Waals surface area contributed by atoms with E-state index in [1.807, 2.05) is 44.2 Å². The van der Waals surface area contributed by atoms with Crippen LogP contribution in [0.15, 0.2) is 108 Å². The second-order valence-electron chi connectivity index (χ2n) is 11.1. The number of halogens is 2. The summed E-state index contributed by atoms with van der Waals surface area (Å²) in [5.74, 6) is -1.45. The second kappa shape index (κ2) is 15.7. The molecule has 1 atom stereocenters. The van der Waals surface area contributed by atoms with Gasteiger partial charge < -0.3 is 15.0 Å². The van der Waals surface area contributed by atoms with Crippen LogP contribution in [-0.4, -0.2) is 51.4 Å². The molecule has 11 heteroatoms. The van der Waals surface area contributed by atoms with Gasteiger partial charge in [-0.2, -0.15) is 0 Å². The average Bonchev–Trinajstić information content (AvgIpc) is 3.05. The molecule has 4 rings (SSSR count). The number of rotatable bonds is 14. The summed E-state index contributed by atoms with van der Waals surface area (Å²) in [6.45, 7) is 3.22. The van der Waals surface area contributed by atoms with Gasteiger partial charge in [0.1, 0.15) is 24.2 Å². The SMILES string of the molecule is COc1ccc(Cl)cc1N(CC(=O)N(Cc1ccccc1F)[C@H](Cc1ccccc1)C(=O)NCC(C)C)S(=O)(=O)c1ccccc1. The number of methoxy groups -OCH3 is 1. The van der Waals surface area contributed by atoms with Crippen LogP contribution in [0.1, 0.15) is 25.0 Å². The highest BCUT2D eigenvalue weighted by Gasteiger charge is 2.36. The van der Waals surface area contributed by atoms with Crippen molar-refractivity contribution in [3.8, 4) is 5.75 Å². The highest BCUT2D eigenvalue weighted by atomic mass is 35.5. The van der Waals surface area contributed by atoms with E-state index in [9.17, 15) is 18.0 Å². The summed E-state index contributed by atoms with van der Waals surface area (Å²) in [6, 6.07) is 26.1. The molecule has 0 aromatic heterocycles. The Morgan fingerprint density at radius 3 is 2.17 bits per heavy atom. The number of ether oxygens (including phenoxy) is 1. The van der Waals surface area contributed by atoms with Gasteiger partial charge in [0.25, 0.3) is 10.0 Å². The number of hydrogen-bond donors (Lipinski definition) is 1. The van der Waals surface area contributed by atoms with E-state index >= 15 is 4.39 Å². The predicted octanol–water partition coefficient (Wildman–Crippen LogP) is 6.10. The Morgan fingerprint density at radius 2 is 1.54 bits per heavy atom. The molecule has 0 radical (unpaired) electrons. The maximum atomic E-state index is 15.1. The normalized spacial score (nSPS) is 12.0. The first-order chi connectivity index (χ1) is 22.0. The summed E-state index contributed by atoms with van der Waals surface area (Å²) in [4.78, 5) is 29.5. The monoisotopic (exact) mass is 665 g/mol. The number of amides is 2. The van der Waals surface area contributed by atoms with Gasteiger partial charge in [0.2, 0.25) is 11.8 Å². The van der Waals surface area contributed by atoms with E-state index in [4.69, 9.17) is 16.3 Å². The van der Waals surface area contributed by atoms with E-state index in [-0.39, 0.29) is 45.8 Å². The second-order valence-corrected chi connectivity index (χ2v) is 13.4. The summed E-state index contributed by atoms with van der Waals surface area (Å²) in [5.41, 5.74) is 0.967. The van der Waals surface area contributed by atoms with Gasteiger partial charge in [-0.15, -0.1) is 0 Å². The molecule has 0 unspecified atom stereocenters. The molecule has 0 aliphatic heterocycles. The fraction of sp³-hybridized carbons (Fsp3) is 0.257. The van der Waals surface area contributed by atoms with Crippen LogP contribution < -0.4 is 14.4 Å².